The zero-order valence-corrected chi connectivity index (χ0v) is 20.4. The molecule has 2 amide bonds. The summed E-state index contributed by atoms with van der Waals surface area (Å²) in [5, 5.41) is 8.82. The highest BCUT2D eigenvalue weighted by Gasteiger charge is 2.32. The van der Waals surface area contributed by atoms with Crippen LogP contribution in [0.4, 0.5) is 18.9 Å². The molecule has 2 atom stereocenters. The van der Waals surface area contributed by atoms with Gasteiger partial charge in [0.2, 0.25) is 5.91 Å². The van der Waals surface area contributed by atoms with Gasteiger partial charge in [-0.25, -0.2) is 0 Å². The molecule has 1 aliphatic heterocycles. The zero-order chi connectivity index (χ0) is 25.6. The van der Waals surface area contributed by atoms with Crippen molar-refractivity contribution in [1.82, 2.24) is 20.9 Å². The highest BCUT2D eigenvalue weighted by atomic mass is 32.2. The van der Waals surface area contributed by atoms with E-state index in [9.17, 15) is 22.8 Å². The molecule has 11 heteroatoms. The van der Waals surface area contributed by atoms with Gasteiger partial charge in [0.1, 0.15) is 0 Å². The maximum absolute atomic E-state index is 13.0. The van der Waals surface area contributed by atoms with E-state index in [2.05, 4.69) is 45.1 Å². The Morgan fingerprint density at radius 1 is 1.14 bits per heavy atom. The number of hydrogen-bond acceptors (Lipinski definition) is 6. The van der Waals surface area contributed by atoms with E-state index in [0.717, 1.165) is 30.7 Å². The van der Waals surface area contributed by atoms with Crippen LogP contribution in [0.5, 0.6) is 0 Å². The van der Waals surface area contributed by atoms with Crippen LogP contribution in [0.1, 0.15) is 27.9 Å². The maximum Gasteiger partial charge on any atom is 0.416 e. The van der Waals surface area contributed by atoms with Crippen molar-refractivity contribution in [2.24, 2.45) is 0 Å². The number of nitrogens with two attached hydrogens (primary N) is 1. The van der Waals surface area contributed by atoms with E-state index in [1.54, 1.807) is 11.8 Å². The van der Waals surface area contributed by atoms with Crippen LogP contribution < -0.4 is 21.7 Å². The number of nitrogens with zero attached hydrogens (tertiary/aromatic N) is 1. The lowest BCUT2D eigenvalue weighted by Gasteiger charge is -2.37. The van der Waals surface area contributed by atoms with Gasteiger partial charge in [-0.15, -0.1) is 11.8 Å². The van der Waals surface area contributed by atoms with Crippen LogP contribution in [-0.4, -0.2) is 61.7 Å². The van der Waals surface area contributed by atoms with Crippen LogP contribution in [0.2, 0.25) is 0 Å². The molecule has 1 heterocycles. The number of likely N-dealkylation sites (tertiary alicyclic amines) is 1. The Kier molecular flexibility index (Phi) is 9.03. The molecular formula is C24H30F3N5O2S. The van der Waals surface area contributed by atoms with Crippen LogP contribution in [-0.2, 0) is 17.5 Å². The van der Waals surface area contributed by atoms with Gasteiger partial charge in [-0.2, -0.15) is 13.2 Å². The molecule has 0 aromatic heterocycles. The molecule has 2 aromatic carbocycles. The maximum atomic E-state index is 13.0. The predicted molar refractivity (Wildman–Crippen MR) is 131 cm³/mol. The van der Waals surface area contributed by atoms with Crippen molar-refractivity contribution in [3.8, 4) is 0 Å². The number of amides is 2. The number of alkyl halides is 3. The number of piperidine rings is 1. The predicted octanol–water partition coefficient (Wildman–Crippen LogP) is 2.72. The molecule has 0 bridgehead atoms. The van der Waals surface area contributed by atoms with E-state index >= 15 is 0 Å². The Balaban J connectivity index is 1.56. The van der Waals surface area contributed by atoms with Crippen LogP contribution in [0.3, 0.4) is 0 Å². The summed E-state index contributed by atoms with van der Waals surface area (Å²) in [5.41, 5.74) is 5.41. The molecular weight excluding hydrogens is 479 g/mol. The van der Waals surface area contributed by atoms with Crippen molar-refractivity contribution >= 4 is 29.3 Å². The zero-order valence-electron chi connectivity index (χ0n) is 19.6. The molecule has 0 spiro atoms. The Labute approximate surface area is 207 Å². The van der Waals surface area contributed by atoms with Crippen molar-refractivity contribution in [3.63, 3.8) is 0 Å². The number of thioether (sulfide) groups is 1. The first-order valence-corrected chi connectivity index (χ1v) is 12.4. The van der Waals surface area contributed by atoms with Crippen LogP contribution >= 0.6 is 11.8 Å². The average molecular weight is 510 g/mol. The molecule has 0 radical (unpaired) electrons. The number of halogens is 3. The normalized spacial score (nSPS) is 18.8. The summed E-state index contributed by atoms with van der Waals surface area (Å²) in [6.45, 7) is 1.78. The number of nitrogens with one attached hydrogen (secondary N) is 3. The van der Waals surface area contributed by atoms with Crippen molar-refractivity contribution in [3.05, 3.63) is 59.2 Å². The third-order valence-corrected chi connectivity index (χ3v) is 6.67. The lowest BCUT2D eigenvalue weighted by atomic mass is 9.99. The summed E-state index contributed by atoms with van der Waals surface area (Å²) in [6.07, 6.45) is -1.75. The molecule has 1 saturated heterocycles. The highest BCUT2D eigenvalue weighted by molar-refractivity contribution is 7.98. The molecule has 2 aromatic rings. The number of hydrogen-bond donors (Lipinski definition) is 4. The Morgan fingerprint density at radius 2 is 1.86 bits per heavy atom. The van der Waals surface area contributed by atoms with Gasteiger partial charge in [0.25, 0.3) is 5.91 Å². The number of rotatable bonds is 8. The fraction of sp³-hybridized carbons (Fsp3) is 0.417. The van der Waals surface area contributed by atoms with Gasteiger partial charge in [-0.05, 0) is 62.2 Å². The van der Waals surface area contributed by atoms with Gasteiger partial charge in [0.05, 0.1) is 23.7 Å². The van der Waals surface area contributed by atoms with E-state index in [0.29, 0.717) is 19.2 Å². The van der Waals surface area contributed by atoms with Crippen LogP contribution in [0.25, 0.3) is 0 Å². The number of anilines is 1. The van der Waals surface area contributed by atoms with E-state index in [1.165, 1.54) is 4.90 Å². The first-order chi connectivity index (χ1) is 16.6. The quantitative estimate of drug-likeness (QED) is 0.323. The second-order valence-corrected chi connectivity index (χ2v) is 9.42. The highest BCUT2D eigenvalue weighted by Crippen LogP contribution is 2.31. The molecule has 35 heavy (non-hydrogen) atoms. The fourth-order valence-electron chi connectivity index (χ4n) is 3.94. The molecule has 1 aliphatic rings. The number of carbonyl (C=O) groups excluding carboxylic acids is 2. The molecule has 0 saturated carbocycles. The first kappa shape index (κ1) is 26.8. The summed E-state index contributed by atoms with van der Waals surface area (Å²) in [7, 11) is 1.97. The summed E-state index contributed by atoms with van der Waals surface area (Å²) in [6, 6.07) is 10.6. The third kappa shape index (κ3) is 7.61. The molecule has 190 valence electrons. The van der Waals surface area contributed by atoms with Crippen molar-refractivity contribution in [2.75, 3.05) is 38.7 Å². The van der Waals surface area contributed by atoms with E-state index in [-0.39, 0.29) is 29.9 Å². The average Bonchev–Trinajstić information content (AvgIpc) is 2.82. The van der Waals surface area contributed by atoms with Crippen molar-refractivity contribution in [2.45, 2.75) is 36.1 Å². The fourth-order valence-corrected chi connectivity index (χ4v) is 4.35. The van der Waals surface area contributed by atoms with Gasteiger partial charge in [-0.3, -0.25) is 9.59 Å². The van der Waals surface area contributed by atoms with Gasteiger partial charge >= 0.3 is 6.18 Å². The van der Waals surface area contributed by atoms with Gasteiger partial charge in [0, 0.05) is 29.7 Å². The molecule has 1 fully saturated rings. The van der Waals surface area contributed by atoms with Crippen LogP contribution in [0, 0.1) is 0 Å². The second kappa shape index (κ2) is 11.8. The van der Waals surface area contributed by atoms with E-state index in [1.807, 2.05) is 13.3 Å². The minimum absolute atomic E-state index is 0.0326. The second-order valence-electron chi connectivity index (χ2n) is 8.54. The molecule has 0 aliphatic carbocycles. The van der Waals surface area contributed by atoms with Crippen molar-refractivity contribution < 1.29 is 22.8 Å². The van der Waals surface area contributed by atoms with Gasteiger partial charge in [0.15, 0.2) is 0 Å². The minimum atomic E-state index is -4.61. The van der Waals surface area contributed by atoms with Crippen LogP contribution in [0.15, 0.2) is 47.4 Å². The SMILES string of the molecule is CSc1ccc(CN[C@@H]2CCN(C)C[C@@H]2NC(=O)CNC(=O)c2cc(C(F)(F)F)ccc2N)cc1. The summed E-state index contributed by atoms with van der Waals surface area (Å²) in [4.78, 5) is 28.3. The summed E-state index contributed by atoms with van der Waals surface area (Å²) in [5.74, 6) is -1.27. The Morgan fingerprint density at radius 3 is 2.51 bits per heavy atom. The summed E-state index contributed by atoms with van der Waals surface area (Å²) >= 11 is 1.68. The molecule has 3 rings (SSSR count). The molecule has 0 unspecified atom stereocenters. The number of benzene rings is 2. The Bertz CT molecular complexity index is 1030. The first-order valence-electron chi connectivity index (χ1n) is 11.2. The number of nitrogen functional groups attached to an aromatic ring is 1. The number of likely N-dealkylation sites (N-methyl/N-ethyl adjacent to an activating group) is 1. The topological polar surface area (TPSA) is 99.5 Å². The standard InChI is InChI=1S/C24H30F3N5O2S/c1-32-10-9-20(29-12-15-3-6-17(35-2)7-4-15)21(14-32)31-22(33)13-30-23(34)18-11-16(24(25,26)27)5-8-19(18)28/h3-8,11,20-21,29H,9-10,12-14,28H2,1-2H3,(H,30,34)(H,31,33)/t20-,21+/m1/s1. The smallest absolute Gasteiger partial charge is 0.398 e. The van der Waals surface area contributed by atoms with Gasteiger partial charge < -0.3 is 26.6 Å². The van der Waals surface area contributed by atoms with Crippen molar-refractivity contribution in [1.29, 1.82) is 0 Å². The third-order valence-electron chi connectivity index (χ3n) is 5.92. The summed E-state index contributed by atoms with van der Waals surface area (Å²) < 4.78 is 38.9. The molecule has 7 nitrogen and oxygen atoms in total. The largest absolute Gasteiger partial charge is 0.416 e. The Hall–Kier alpha value is -2.76. The molecule has 5 N–H and O–H groups in total. The van der Waals surface area contributed by atoms with E-state index < -0.39 is 23.6 Å². The number of carbonyl (C=O) groups is 2. The van der Waals surface area contributed by atoms with E-state index in [4.69, 9.17) is 5.73 Å². The monoisotopic (exact) mass is 509 g/mol. The minimum Gasteiger partial charge on any atom is -0.398 e. The lowest BCUT2D eigenvalue weighted by Crippen LogP contribution is -2.59. The van der Waals surface area contributed by atoms with Gasteiger partial charge in [-0.1, -0.05) is 12.1 Å². The lowest BCUT2D eigenvalue weighted by molar-refractivity contribution is -0.137.